The standard InChI is InChI=1S/C23H27BrCl2N2O2S/c1-3-4-10-27-23(30)16(2)28(13-17-6-5-7-19(24)11-17)22(29)15-31-14-18-8-9-20(25)21(26)12-18/h5-9,11-12,16H,3-4,10,13-15H2,1-2H3,(H,27,30)/t16-/m1/s1. The summed E-state index contributed by atoms with van der Waals surface area (Å²) in [5, 5.41) is 3.94. The van der Waals surface area contributed by atoms with Gasteiger partial charge in [-0.15, -0.1) is 11.8 Å². The first-order valence-corrected chi connectivity index (χ1v) is 12.9. The predicted molar refractivity (Wildman–Crippen MR) is 135 cm³/mol. The lowest BCUT2D eigenvalue weighted by Gasteiger charge is -2.29. The van der Waals surface area contributed by atoms with Crippen molar-refractivity contribution in [2.75, 3.05) is 12.3 Å². The van der Waals surface area contributed by atoms with Gasteiger partial charge in [0, 0.05) is 23.3 Å². The SMILES string of the molecule is CCCCNC(=O)[C@@H](C)N(Cc1cccc(Br)c1)C(=O)CSCc1ccc(Cl)c(Cl)c1. The highest BCUT2D eigenvalue weighted by Gasteiger charge is 2.25. The Morgan fingerprint density at radius 3 is 2.58 bits per heavy atom. The molecule has 0 radical (unpaired) electrons. The molecule has 0 heterocycles. The Hall–Kier alpha value is -1.21. The third-order valence-corrected chi connectivity index (χ3v) is 6.94. The molecule has 0 bridgehead atoms. The van der Waals surface area contributed by atoms with Crippen LogP contribution in [0.15, 0.2) is 46.9 Å². The molecule has 2 aromatic rings. The molecular weight excluding hydrogens is 519 g/mol. The molecule has 8 heteroatoms. The fraction of sp³-hybridized carbons (Fsp3) is 0.391. The second kappa shape index (κ2) is 13.4. The quantitative estimate of drug-likeness (QED) is 0.336. The van der Waals surface area contributed by atoms with E-state index in [1.54, 1.807) is 17.9 Å². The van der Waals surface area contributed by atoms with Crippen LogP contribution >= 0.6 is 50.9 Å². The summed E-state index contributed by atoms with van der Waals surface area (Å²) in [6.45, 7) is 4.84. The zero-order valence-electron chi connectivity index (χ0n) is 17.7. The second-order valence-electron chi connectivity index (χ2n) is 7.21. The van der Waals surface area contributed by atoms with Gasteiger partial charge < -0.3 is 10.2 Å². The van der Waals surface area contributed by atoms with Crippen molar-refractivity contribution in [1.29, 1.82) is 0 Å². The third kappa shape index (κ3) is 8.68. The summed E-state index contributed by atoms with van der Waals surface area (Å²) in [5.74, 6) is 0.681. The van der Waals surface area contributed by atoms with Crippen molar-refractivity contribution < 1.29 is 9.59 Å². The number of rotatable bonds is 11. The Morgan fingerprint density at radius 1 is 1.13 bits per heavy atom. The number of hydrogen-bond acceptors (Lipinski definition) is 3. The molecule has 1 N–H and O–H groups in total. The molecule has 0 spiro atoms. The minimum Gasteiger partial charge on any atom is -0.354 e. The predicted octanol–water partition coefficient (Wildman–Crippen LogP) is 6.32. The highest BCUT2D eigenvalue weighted by Crippen LogP contribution is 2.25. The van der Waals surface area contributed by atoms with Gasteiger partial charge in [-0.1, -0.05) is 70.7 Å². The van der Waals surface area contributed by atoms with E-state index in [0.29, 0.717) is 28.9 Å². The summed E-state index contributed by atoms with van der Waals surface area (Å²) in [6.07, 6.45) is 1.91. The summed E-state index contributed by atoms with van der Waals surface area (Å²) < 4.78 is 0.937. The van der Waals surface area contributed by atoms with Crippen molar-refractivity contribution in [3.05, 3.63) is 68.1 Å². The first-order valence-electron chi connectivity index (χ1n) is 10.1. The Balaban J connectivity index is 2.05. The molecule has 2 aromatic carbocycles. The van der Waals surface area contributed by atoms with E-state index < -0.39 is 6.04 Å². The first-order chi connectivity index (χ1) is 14.8. The van der Waals surface area contributed by atoms with Gasteiger partial charge in [-0.05, 0) is 48.7 Å². The molecule has 0 aliphatic heterocycles. The van der Waals surface area contributed by atoms with Gasteiger partial charge in [0.05, 0.1) is 15.8 Å². The smallest absolute Gasteiger partial charge is 0.242 e. The molecule has 168 valence electrons. The van der Waals surface area contributed by atoms with E-state index in [-0.39, 0.29) is 17.6 Å². The Morgan fingerprint density at radius 2 is 1.90 bits per heavy atom. The maximum absolute atomic E-state index is 13.1. The van der Waals surface area contributed by atoms with Gasteiger partial charge in [0.25, 0.3) is 0 Å². The largest absolute Gasteiger partial charge is 0.354 e. The van der Waals surface area contributed by atoms with E-state index >= 15 is 0 Å². The van der Waals surface area contributed by atoms with Gasteiger partial charge in [-0.25, -0.2) is 0 Å². The Bertz CT molecular complexity index is 898. The lowest BCUT2D eigenvalue weighted by atomic mass is 10.1. The van der Waals surface area contributed by atoms with E-state index in [2.05, 4.69) is 28.2 Å². The zero-order valence-corrected chi connectivity index (χ0v) is 21.6. The first kappa shape index (κ1) is 26.0. The number of carbonyl (C=O) groups excluding carboxylic acids is 2. The van der Waals surface area contributed by atoms with Crippen molar-refractivity contribution in [1.82, 2.24) is 10.2 Å². The number of nitrogens with one attached hydrogen (secondary N) is 1. The fourth-order valence-electron chi connectivity index (χ4n) is 2.92. The summed E-state index contributed by atoms with van der Waals surface area (Å²) in [6, 6.07) is 12.7. The van der Waals surface area contributed by atoms with Crippen LogP contribution in [0.3, 0.4) is 0 Å². The van der Waals surface area contributed by atoms with E-state index in [1.165, 1.54) is 11.8 Å². The molecule has 2 amide bonds. The van der Waals surface area contributed by atoms with Gasteiger partial charge in [0.2, 0.25) is 11.8 Å². The van der Waals surface area contributed by atoms with Crippen molar-refractivity contribution in [3.63, 3.8) is 0 Å². The molecule has 0 aliphatic rings. The number of benzene rings is 2. The number of unbranched alkanes of at least 4 members (excludes halogenated alkanes) is 1. The second-order valence-corrected chi connectivity index (χ2v) is 9.93. The van der Waals surface area contributed by atoms with Crippen LogP contribution < -0.4 is 5.32 Å². The molecule has 4 nitrogen and oxygen atoms in total. The maximum Gasteiger partial charge on any atom is 0.242 e. The van der Waals surface area contributed by atoms with Gasteiger partial charge >= 0.3 is 0 Å². The zero-order chi connectivity index (χ0) is 22.8. The molecule has 2 rings (SSSR count). The molecule has 0 fully saturated rings. The molecule has 0 saturated carbocycles. The van der Waals surface area contributed by atoms with Crippen LogP contribution in [-0.4, -0.2) is 35.1 Å². The van der Waals surface area contributed by atoms with E-state index in [9.17, 15) is 9.59 Å². The van der Waals surface area contributed by atoms with Gasteiger partial charge in [0.1, 0.15) is 6.04 Å². The van der Waals surface area contributed by atoms with Gasteiger partial charge in [0.15, 0.2) is 0 Å². The highest BCUT2D eigenvalue weighted by molar-refractivity contribution is 9.10. The molecule has 0 saturated heterocycles. The summed E-state index contributed by atoms with van der Waals surface area (Å²) in [7, 11) is 0. The van der Waals surface area contributed by atoms with Crippen LogP contribution in [0.1, 0.15) is 37.8 Å². The summed E-state index contributed by atoms with van der Waals surface area (Å²) >= 11 is 17.0. The van der Waals surface area contributed by atoms with Crippen molar-refractivity contribution in [2.24, 2.45) is 0 Å². The highest BCUT2D eigenvalue weighted by atomic mass is 79.9. The number of thioether (sulfide) groups is 1. The maximum atomic E-state index is 13.1. The van der Waals surface area contributed by atoms with E-state index in [0.717, 1.165) is 28.4 Å². The van der Waals surface area contributed by atoms with Gasteiger partial charge in [-0.3, -0.25) is 9.59 Å². The molecule has 0 aliphatic carbocycles. The van der Waals surface area contributed by atoms with Crippen molar-refractivity contribution in [3.8, 4) is 0 Å². The van der Waals surface area contributed by atoms with Crippen molar-refractivity contribution >= 4 is 62.7 Å². The van der Waals surface area contributed by atoms with Gasteiger partial charge in [-0.2, -0.15) is 0 Å². The van der Waals surface area contributed by atoms with Crippen LogP contribution in [-0.2, 0) is 21.9 Å². The summed E-state index contributed by atoms with van der Waals surface area (Å²) in [4.78, 5) is 27.4. The molecule has 0 aromatic heterocycles. The molecule has 0 unspecified atom stereocenters. The van der Waals surface area contributed by atoms with E-state index in [1.807, 2.05) is 36.4 Å². The Kier molecular flexibility index (Phi) is 11.2. The van der Waals surface area contributed by atoms with E-state index in [4.69, 9.17) is 23.2 Å². The van der Waals surface area contributed by atoms with Crippen molar-refractivity contribution in [2.45, 2.75) is 45.0 Å². The van der Waals surface area contributed by atoms with Crippen LogP contribution in [0.2, 0.25) is 10.0 Å². The summed E-state index contributed by atoms with van der Waals surface area (Å²) in [5.41, 5.74) is 1.96. The average molecular weight is 546 g/mol. The molecule has 31 heavy (non-hydrogen) atoms. The topological polar surface area (TPSA) is 49.4 Å². The van der Waals surface area contributed by atoms with Crippen LogP contribution in [0.5, 0.6) is 0 Å². The lowest BCUT2D eigenvalue weighted by Crippen LogP contribution is -2.48. The Labute approximate surface area is 207 Å². The number of halogens is 3. The van der Waals surface area contributed by atoms with Crippen LogP contribution in [0.4, 0.5) is 0 Å². The third-order valence-electron chi connectivity index (χ3n) is 4.72. The fourth-order valence-corrected chi connectivity index (χ4v) is 4.54. The lowest BCUT2D eigenvalue weighted by molar-refractivity contribution is -0.138. The minimum atomic E-state index is -0.561. The number of nitrogens with zero attached hydrogens (tertiary/aromatic N) is 1. The van der Waals surface area contributed by atoms with Crippen LogP contribution in [0.25, 0.3) is 0 Å². The molecule has 1 atom stereocenters. The number of amides is 2. The normalized spacial score (nSPS) is 11.8. The van der Waals surface area contributed by atoms with Crippen LogP contribution in [0, 0.1) is 0 Å². The monoisotopic (exact) mass is 544 g/mol. The minimum absolute atomic E-state index is 0.0804. The number of hydrogen-bond donors (Lipinski definition) is 1. The molecular formula is C23H27BrCl2N2O2S. The average Bonchev–Trinajstić information content (AvgIpc) is 2.74. The number of carbonyl (C=O) groups is 2.